The summed E-state index contributed by atoms with van der Waals surface area (Å²) < 4.78 is 38.8. The first-order valence-corrected chi connectivity index (χ1v) is 9.82. The zero-order valence-electron chi connectivity index (χ0n) is 16.0. The average molecular weight is 445 g/mol. The molecule has 2 heterocycles. The van der Waals surface area contributed by atoms with Crippen molar-refractivity contribution < 1.29 is 18.0 Å². The molecular formula is C22H16ClF3N4O. The first-order valence-electron chi connectivity index (χ1n) is 9.29. The largest absolute Gasteiger partial charge is 0.416 e. The summed E-state index contributed by atoms with van der Waals surface area (Å²) in [6, 6.07) is 12.3. The Morgan fingerprint density at radius 1 is 1.06 bits per heavy atom. The van der Waals surface area contributed by atoms with Crippen molar-refractivity contribution in [2.45, 2.75) is 12.6 Å². The molecule has 0 spiro atoms. The van der Waals surface area contributed by atoms with Crippen LogP contribution in [0, 0.1) is 0 Å². The van der Waals surface area contributed by atoms with Gasteiger partial charge in [-0.1, -0.05) is 24.3 Å². The number of halogens is 4. The van der Waals surface area contributed by atoms with E-state index in [1.165, 1.54) is 12.3 Å². The van der Waals surface area contributed by atoms with Gasteiger partial charge in [-0.25, -0.2) is 4.98 Å². The SMILES string of the molecule is NC(=O)c1cnc(-c2ccc(-c3nc4ccc(C(F)(F)F)cc4[nH]3)cc2)c(CCCl)c1. The summed E-state index contributed by atoms with van der Waals surface area (Å²) in [5, 5.41) is 0. The summed E-state index contributed by atoms with van der Waals surface area (Å²) >= 11 is 5.88. The smallest absolute Gasteiger partial charge is 0.366 e. The van der Waals surface area contributed by atoms with Gasteiger partial charge in [-0.2, -0.15) is 13.2 Å². The molecule has 0 saturated carbocycles. The minimum Gasteiger partial charge on any atom is -0.366 e. The molecule has 5 nitrogen and oxygen atoms in total. The Bertz CT molecular complexity index is 1270. The van der Waals surface area contributed by atoms with E-state index in [0.717, 1.165) is 23.3 Å². The predicted octanol–water partition coefficient (Wildman–Crippen LogP) is 5.19. The van der Waals surface area contributed by atoms with E-state index in [1.807, 2.05) is 12.1 Å². The number of nitrogens with two attached hydrogens (primary N) is 1. The summed E-state index contributed by atoms with van der Waals surface area (Å²) in [7, 11) is 0. The third-order valence-corrected chi connectivity index (χ3v) is 5.04. The number of H-pyrrole nitrogens is 1. The number of alkyl halides is 4. The Morgan fingerprint density at radius 3 is 2.42 bits per heavy atom. The maximum absolute atomic E-state index is 12.9. The van der Waals surface area contributed by atoms with Gasteiger partial charge in [0.25, 0.3) is 0 Å². The molecule has 4 aromatic rings. The number of hydrogen-bond acceptors (Lipinski definition) is 3. The van der Waals surface area contributed by atoms with Gasteiger partial charge in [-0.15, -0.1) is 11.6 Å². The lowest BCUT2D eigenvalue weighted by molar-refractivity contribution is -0.137. The Morgan fingerprint density at radius 2 is 1.77 bits per heavy atom. The minimum atomic E-state index is -4.42. The van der Waals surface area contributed by atoms with E-state index < -0.39 is 17.6 Å². The highest BCUT2D eigenvalue weighted by molar-refractivity contribution is 6.18. The Labute approximate surface area is 180 Å². The van der Waals surface area contributed by atoms with E-state index in [9.17, 15) is 18.0 Å². The number of nitrogens with one attached hydrogen (secondary N) is 1. The van der Waals surface area contributed by atoms with Gasteiger partial charge < -0.3 is 10.7 Å². The van der Waals surface area contributed by atoms with E-state index in [0.29, 0.717) is 46.0 Å². The van der Waals surface area contributed by atoms with Gasteiger partial charge in [0.15, 0.2) is 0 Å². The first-order chi connectivity index (χ1) is 14.8. The zero-order valence-corrected chi connectivity index (χ0v) is 16.8. The highest BCUT2D eigenvalue weighted by Crippen LogP contribution is 2.32. The fourth-order valence-electron chi connectivity index (χ4n) is 3.31. The molecule has 2 aromatic heterocycles. The van der Waals surface area contributed by atoms with E-state index in [4.69, 9.17) is 17.3 Å². The molecule has 31 heavy (non-hydrogen) atoms. The fraction of sp³-hybridized carbons (Fsp3) is 0.136. The van der Waals surface area contributed by atoms with Gasteiger partial charge in [0.2, 0.25) is 5.91 Å². The van der Waals surface area contributed by atoms with Crippen LogP contribution in [-0.4, -0.2) is 26.7 Å². The summed E-state index contributed by atoms with van der Waals surface area (Å²) in [6.07, 6.45) is -2.49. The van der Waals surface area contributed by atoms with Gasteiger partial charge in [0, 0.05) is 23.2 Å². The summed E-state index contributed by atoms with van der Waals surface area (Å²) in [5.41, 5.74) is 8.64. The molecule has 0 unspecified atom stereocenters. The Hall–Kier alpha value is -3.39. The molecule has 158 valence electrons. The molecule has 0 aliphatic rings. The number of aromatic nitrogens is 3. The number of carbonyl (C=O) groups is 1. The zero-order chi connectivity index (χ0) is 22.2. The van der Waals surface area contributed by atoms with Crippen LogP contribution in [0.1, 0.15) is 21.5 Å². The number of nitrogens with zero attached hydrogens (tertiary/aromatic N) is 2. The van der Waals surface area contributed by atoms with E-state index >= 15 is 0 Å². The van der Waals surface area contributed by atoms with Gasteiger partial charge in [-0.3, -0.25) is 9.78 Å². The average Bonchev–Trinajstić information content (AvgIpc) is 3.17. The molecule has 0 atom stereocenters. The maximum Gasteiger partial charge on any atom is 0.416 e. The minimum absolute atomic E-state index is 0.306. The second-order valence-electron chi connectivity index (χ2n) is 6.93. The number of fused-ring (bicyclic) bond motifs is 1. The molecule has 0 radical (unpaired) electrons. The fourth-order valence-corrected chi connectivity index (χ4v) is 3.51. The lowest BCUT2D eigenvalue weighted by Crippen LogP contribution is -2.12. The number of aromatic amines is 1. The molecule has 3 N–H and O–H groups in total. The van der Waals surface area contributed by atoms with Crippen molar-refractivity contribution in [2.24, 2.45) is 5.73 Å². The maximum atomic E-state index is 12.9. The predicted molar refractivity (Wildman–Crippen MR) is 113 cm³/mol. The molecular weight excluding hydrogens is 429 g/mol. The number of hydrogen-bond donors (Lipinski definition) is 2. The molecule has 9 heteroatoms. The van der Waals surface area contributed by atoms with Gasteiger partial charge in [0.1, 0.15) is 5.82 Å². The highest BCUT2D eigenvalue weighted by Gasteiger charge is 2.30. The van der Waals surface area contributed by atoms with Crippen molar-refractivity contribution in [3.8, 4) is 22.6 Å². The number of amides is 1. The molecule has 4 rings (SSSR count). The van der Waals surface area contributed by atoms with Crippen molar-refractivity contribution in [2.75, 3.05) is 5.88 Å². The van der Waals surface area contributed by atoms with Crippen molar-refractivity contribution >= 4 is 28.5 Å². The molecule has 0 saturated heterocycles. The third-order valence-electron chi connectivity index (χ3n) is 4.86. The highest BCUT2D eigenvalue weighted by atomic mass is 35.5. The van der Waals surface area contributed by atoms with Gasteiger partial charge >= 0.3 is 6.18 Å². The van der Waals surface area contributed by atoms with E-state index in [2.05, 4.69) is 15.0 Å². The van der Waals surface area contributed by atoms with Crippen LogP contribution in [0.5, 0.6) is 0 Å². The normalized spacial score (nSPS) is 11.7. The molecule has 0 aliphatic heterocycles. The van der Waals surface area contributed by atoms with Crippen molar-refractivity contribution in [1.29, 1.82) is 0 Å². The quantitative estimate of drug-likeness (QED) is 0.415. The van der Waals surface area contributed by atoms with Crippen LogP contribution < -0.4 is 5.73 Å². The Balaban J connectivity index is 1.68. The van der Waals surface area contributed by atoms with E-state index in [-0.39, 0.29) is 0 Å². The number of imidazole rings is 1. The number of primary amides is 1. The Kier molecular flexibility index (Phi) is 5.41. The molecule has 2 aromatic carbocycles. The van der Waals surface area contributed by atoms with Crippen LogP contribution in [-0.2, 0) is 12.6 Å². The monoisotopic (exact) mass is 444 g/mol. The van der Waals surface area contributed by atoms with Crippen molar-refractivity contribution in [3.05, 3.63) is 71.4 Å². The second-order valence-corrected chi connectivity index (χ2v) is 7.31. The van der Waals surface area contributed by atoms with Crippen LogP contribution >= 0.6 is 11.6 Å². The van der Waals surface area contributed by atoms with Crippen LogP contribution in [0.25, 0.3) is 33.7 Å². The molecule has 0 bridgehead atoms. The number of pyridine rings is 1. The molecule has 0 fully saturated rings. The molecule has 0 aliphatic carbocycles. The number of aryl methyl sites for hydroxylation is 1. The van der Waals surface area contributed by atoms with Crippen LogP contribution in [0.4, 0.5) is 13.2 Å². The van der Waals surface area contributed by atoms with Crippen LogP contribution in [0.15, 0.2) is 54.7 Å². The summed E-state index contributed by atoms with van der Waals surface area (Å²) in [5.74, 6) is 0.246. The van der Waals surface area contributed by atoms with E-state index in [1.54, 1.807) is 18.2 Å². The standard InChI is InChI=1S/C22H16ClF3N4O/c23-8-7-14-9-15(20(27)31)11-28-19(14)12-1-3-13(4-2-12)21-29-17-6-5-16(22(24,25)26)10-18(17)30-21/h1-6,9-11H,7-8H2,(H2,27,31)(H,29,30). The number of carbonyl (C=O) groups excluding carboxylic acids is 1. The van der Waals surface area contributed by atoms with Crippen molar-refractivity contribution in [1.82, 2.24) is 15.0 Å². The van der Waals surface area contributed by atoms with Crippen LogP contribution in [0.3, 0.4) is 0 Å². The third kappa shape index (κ3) is 4.25. The summed E-state index contributed by atoms with van der Waals surface area (Å²) in [4.78, 5) is 23.1. The lowest BCUT2D eigenvalue weighted by Gasteiger charge is -2.09. The lowest BCUT2D eigenvalue weighted by atomic mass is 10.0. The van der Waals surface area contributed by atoms with Crippen molar-refractivity contribution in [3.63, 3.8) is 0 Å². The van der Waals surface area contributed by atoms with Crippen LogP contribution in [0.2, 0.25) is 0 Å². The topological polar surface area (TPSA) is 84.7 Å². The van der Waals surface area contributed by atoms with Gasteiger partial charge in [0.05, 0.1) is 27.9 Å². The summed E-state index contributed by atoms with van der Waals surface area (Å²) in [6.45, 7) is 0. The van der Waals surface area contributed by atoms with Gasteiger partial charge in [-0.05, 0) is 36.2 Å². The molecule has 1 amide bonds. The number of rotatable bonds is 5. The first kappa shape index (κ1) is 20.9. The second kappa shape index (κ2) is 8.03. The number of benzene rings is 2.